The van der Waals surface area contributed by atoms with E-state index in [4.69, 9.17) is 4.99 Å². The average Bonchev–Trinajstić information content (AvgIpc) is 3.19. The van der Waals surface area contributed by atoms with Crippen LogP contribution in [0.3, 0.4) is 0 Å². The summed E-state index contributed by atoms with van der Waals surface area (Å²) in [6.07, 6.45) is 0.949. The van der Waals surface area contributed by atoms with Crippen molar-refractivity contribution >= 4 is 41.3 Å². The Morgan fingerprint density at radius 2 is 1.90 bits per heavy atom. The summed E-state index contributed by atoms with van der Waals surface area (Å²) in [5.74, 6) is 0.828. The molecule has 8 heteroatoms. The number of hydrogen-bond donors (Lipinski definition) is 2. The van der Waals surface area contributed by atoms with E-state index in [0.29, 0.717) is 6.54 Å². The second kappa shape index (κ2) is 11.5. The highest BCUT2D eigenvalue weighted by atomic mass is 127. The molecule has 2 aromatic heterocycles. The fourth-order valence-corrected chi connectivity index (χ4v) is 4.27. The molecule has 1 aromatic carbocycles. The van der Waals surface area contributed by atoms with Crippen molar-refractivity contribution in [1.82, 2.24) is 25.4 Å². The summed E-state index contributed by atoms with van der Waals surface area (Å²) in [4.78, 5) is 10.6. The maximum atomic E-state index is 4.81. The SMILES string of the molecule is CCNC(=NCc1ccccc1-n1nc(C)cc1C)NCCc1sc(C)nc1C.I. The quantitative estimate of drug-likeness (QED) is 0.265. The molecule has 0 aliphatic heterocycles. The predicted molar refractivity (Wildman–Crippen MR) is 137 cm³/mol. The van der Waals surface area contributed by atoms with Gasteiger partial charge in [0.25, 0.3) is 0 Å². The lowest BCUT2D eigenvalue weighted by atomic mass is 10.2. The molecule has 0 radical (unpaired) electrons. The number of thiazole rings is 1. The Balaban J connectivity index is 0.00000320. The van der Waals surface area contributed by atoms with Crippen LogP contribution in [-0.4, -0.2) is 33.8 Å². The minimum Gasteiger partial charge on any atom is -0.357 e. The summed E-state index contributed by atoms with van der Waals surface area (Å²) in [5, 5.41) is 12.5. The molecule has 0 amide bonds. The lowest BCUT2D eigenvalue weighted by Gasteiger charge is -2.13. The summed E-state index contributed by atoms with van der Waals surface area (Å²) < 4.78 is 2.00. The van der Waals surface area contributed by atoms with E-state index in [1.165, 1.54) is 4.88 Å². The maximum absolute atomic E-state index is 4.81. The molecule has 6 nitrogen and oxygen atoms in total. The molecule has 0 saturated carbocycles. The molecule has 0 bridgehead atoms. The summed E-state index contributed by atoms with van der Waals surface area (Å²) in [7, 11) is 0. The number of nitrogens with zero attached hydrogens (tertiary/aromatic N) is 4. The van der Waals surface area contributed by atoms with Gasteiger partial charge in [0.1, 0.15) is 0 Å². The Kier molecular flexibility index (Phi) is 9.29. The smallest absolute Gasteiger partial charge is 0.191 e. The van der Waals surface area contributed by atoms with Crippen LogP contribution in [0, 0.1) is 27.7 Å². The second-order valence-electron chi connectivity index (χ2n) is 7.08. The van der Waals surface area contributed by atoms with E-state index in [1.54, 1.807) is 11.3 Å². The number of nitrogens with one attached hydrogen (secondary N) is 2. The molecule has 162 valence electrons. The fourth-order valence-electron chi connectivity index (χ4n) is 3.33. The van der Waals surface area contributed by atoms with E-state index >= 15 is 0 Å². The van der Waals surface area contributed by atoms with Crippen LogP contribution >= 0.6 is 35.3 Å². The summed E-state index contributed by atoms with van der Waals surface area (Å²) in [5.41, 5.74) is 5.50. The number of hydrogen-bond acceptors (Lipinski definition) is 4. The zero-order valence-electron chi connectivity index (χ0n) is 18.3. The molecule has 2 N–H and O–H groups in total. The number of benzene rings is 1. The monoisotopic (exact) mass is 538 g/mol. The highest BCUT2D eigenvalue weighted by Crippen LogP contribution is 2.18. The molecule has 0 aliphatic carbocycles. The van der Waals surface area contributed by atoms with Crippen LogP contribution in [0.15, 0.2) is 35.3 Å². The third-order valence-corrected chi connectivity index (χ3v) is 5.76. The zero-order valence-corrected chi connectivity index (χ0v) is 21.5. The van der Waals surface area contributed by atoms with Crippen molar-refractivity contribution in [1.29, 1.82) is 0 Å². The second-order valence-corrected chi connectivity index (χ2v) is 8.37. The molecule has 3 aromatic rings. The topological polar surface area (TPSA) is 67.1 Å². The first kappa shape index (κ1) is 24.3. The van der Waals surface area contributed by atoms with Crippen LogP contribution in [-0.2, 0) is 13.0 Å². The van der Waals surface area contributed by atoms with Crippen molar-refractivity contribution in [2.45, 2.75) is 47.6 Å². The van der Waals surface area contributed by atoms with Gasteiger partial charge in [0, 0.05) is 30.1 Å². The Bertz CT molecular complexity index is 991. The van der Waals surface area contributed by atoms with Gasteiger partial charge < -0.3 is 10.6 Å². The fraction of sp³-hybridized carbons (Fsp3) is 0.409. The lowest BCUT2D eigenvalue weighted by molar-refractivity contribution is 0.793. The van der Waals surface area contributed by atoms with Crippen LogP contribution in [0.25, 0.3) is 5.69 Å². The normalized spacial score (nSPS) is 11.3. The molecular formula is C22H31IN6S. The first-order valence-corrected chi connectivity index (χ1v) is 10.9. The number of rotatable bonds is 7. The Morgan fingerprint density at radius 3 is 2.53 bits per heavy atom. The molecule has 2 heterocycles. The number of para-hydroxylation sites is 1. The Morgan fingerprint density at radius 1 is 1.13 bits per heavy atom. The standard InChI is InChI=1S/C22H30N6S.HI/c1-6-23-22(24-12-11-21-17(4)26-18(5)29-21)25-14-19-9-7-8-10-20(19)28-16(3)13-15(2)27-28;/h7-10,13H,6,11-12,14H2,1-5H3,(H2,23,24,25);1H. The predicted octanol–water partition coefficient (Wildman–Crippen LogP) is 4.48. The third kappa shape index (κ3) is 6.28. The van der Waals surface area contributed by atoms with Crippen LogP contribution in [0.5, 0.6) is 0 Å². The summed E-state index contributed by atoms with van der Waals surface area (Å²) in [6.45, 7) is 12.5. The minimum absolute atomic E-state index is 0. The number of guanidine groups is 1. The van der Waals surface area contributed by atoms with Gasteiger partial charge >= 0.3 is 0 Å². The number of aromatic nitrogens is 3. The van der Waals surface area contributed by atoms with Gasteiger partial charge in [-0.2, -0.15) is 5.10 Å². The van der Waals surface area contributed by atoms with E-state index in [0.717, 1.165) is 58.8 Å². The van der Waals surface area contributed by atoms with Crippen molar-refractivity contribution in [3.63, 3.8) is 0 Å². The summed E-state index contributed by atoms with van der Waals surface area (Å²) in [6, 6.07) is 10.4. The molecular weight excluding hydrogens is 507 g/mol. The van der Waals surface area contributed by atoms with Gasteiger partial charge in [-0.15, -0.1) is 35.3 Å². The molecule has 0 atom stereocenters. The van der Waals surface area contributed by atoms with Crippen molar-refractivity contribution in [3.8, 4) is 5.69 Å². The van der Waals surface area contributed by atoms with Crippen molar-refractivity contribution in [2.24, 2.45) is 4.99 Å². The van der Waals surface area contributed by atoms with Crippen LogP contribution in [0.1, 0.15) is 39.5 Å². The molecule has 3 rings (SSSR count). The number of aliphatic imine (C=N–C) groups is 1. The van der Waals surface area contributed by atoms with E-state index in [2.05, 4.69) is 72.7 Å². The van der Waals surface area contributed by atoms with E-state index < -0.39 is 0 Å². The van der Waals surface area contributed by atoms with Crippen molar-refractivity contribution in [2.75, 3.05) is 13.1 Å². The highest BCUT2D eigenvalue weighted by Gasteiger charge is 2.09. The van der Waals surface area contributed by atoms with Gasteiger partial charge in [0.05, 0.1) is 28.6 Å². The van der Waals surface area contributed by atoms with Crippen molar-refractivity contribution in [3.05, 3.63) is 62.9 Å². The lowest BCUT2D eigenvalue weighted by Crippen LogP contribution is -2.38. The van der Waals surface area contributed by atoms with Crippen LogP contribution < -0.4 is 10.6 Å². The molecule has 30 heavy (non-hydrogen) atoms. The molecule has 0 spiro atoms. The first-order chi connectivity index (χ1) is 14.0. The highest BCUT2D eigenvalue weighted by molar-refractivity contribution is 14.0. The average molecular weight is 539 g/mol. The molecule has 0 aliphatic rings. The van der Waals surface area contributed by atoms with E-state index in [1.807, 2.05) is 17.7 Å². The Hall–Kier alpha value is -1.94. The van der Waals surface area contributed by atoms with Gasteiger partial charge in [0.2, 0.25) is 0 Å². The van der Waals surface area contributed by atoms with Crippen molar-refractivity contribution < 1.29 is 0 Å². The van der Waals surface area contributed by atoms with Crippen LogP contribution in [0.4, 0.5) is 0 Å². The van der Waals surface area contributed by atoms with E-state index in [9.17, 15) is 0 Å². The number of aryl methyl sites for hydroxylation is 4. The third-order valence-electron chi connectivity index (χ3n) is 4.63. The first-order valence-electron chi connectivity index (χ1n) is 10.0. The van der Waals surface area contributed by atoms with Gasteiger partial charge in [-0.25, -0.2) is 14.7 Å². The number of halogens is 1. The minimum atomic E-state index is 0. The molecule has 0 saturated heterocycles. The van der Waals surface area contributed by atoms with Crippen LogP contribution in [0.2, 0.25) is 0 Å². The maximum Gasteiger partial charge on any atom is 0.191 e. The van der Waals surface area contributed by atoms with Gasteiger partial charge in [-0.05, 0) is 52.3 Å². The molecule has 0 fully saturated rings. The summed E-state index contributed by atoms with van der Waals surface area (Å²) >= 11 is 1.77. The van der Waals surface area contributed by atoms with Gasteiger partial charge in [-0.1, -0.05) is 18.2 Å². The molecule has 0 unspecified atom stereocenters. The zero-order chi connectivity index (χ0) is 20.8. The Labute approximate surface area is 200 Å². The largest absolute Gasteiger partial charge is 0.357 e. The van der Waals surface area contributed by atoms with E-state index in [-0.39, 0.29) is 24.0 Å². The van der Waals surface area contributed by atoms with Gasteiger partial charge in [-0.3, -0.25) is 0 Å². The van der Waals surface area contributed by atoms with Gasteiger partial charge in [0.15, 0.2) is 5.96 Å².